The van der Waals surface area contributed by atoms with Crippen molar-refractivity contribution in [3.63, 3.8) is 0 Å². The van der Waals surface area contributed by atoms with E-state index in [1.54, 1.807) is 24.3 Å². The quantitative estimate of drug-likeness (QED) is 0.220. The topological polar surface area (TPSA) is 52.6 Å². The van der Waals surface area contributed by atoms with Gasteiger partial charge in [-0.1, -0.05) is 94.2 Å². The summed E-state index contributed by atoms with van der Waals surface area (Å²) in [6.45, 7) is 19.8. The van der Waals surface area contributed by atoms with Gasteiger partial charge < -0.3 is 9.47 Å². The van der Waals surface area contributed by atoms with E-state index < -0.39 is 0 Å². The van der Waals surface area contributed by atoms with Crippen LogP contribution in [-0.2, 0) is 9.47 Å². The molecule has 0 heterocycles. The maximum Gasteiger partial charge on any atom is 0.339 e. The predicted octanol–water partition coefficient (Wildman–Crippen LogP) is 12.0. The molecule has 10 atom stereocenters. The first kappa shape index (κ1) is 36.1. The maximum absolute atomic E-state index is 13.4. The van der Waals surface area contributed by atoms with Gasteiger partial charge in [0.25, 0.3) is 0 Å². The average Bonchev–Trinajstić information content (AvgIpc) is 3.46. The Kier molecular flexibility index (Phi) is 9.15. The fourth-order valence-corrected chi connectivity index (χ4v) is 13.9. The number of rotatable bonds is 6. The molecule has 0 N–H and O–H groups in total. The average molecular weight is 720 g/mol. The van der Waals surface area contributed by atoms with Gasteiger partial charge in [0.1, 0.15) is 6.10 Å². The Hall–Kier alpha value is -2.30. The molecule has 0 saturated heterocycles. The molecule has 0 spiro atoms. The third-order valence-electron chi connectivity index (χ3n) is 16.1. The van der Waals surface area contributed by atoms with Crippen LogP contribution in [0.15, 0.2) is 60.7 Å². The molecule has 5 aliphatic rings. The molecule has 0 amide bonds. The van der Waals surface area contributed by atoms with Crippen molar-refractivity contribution >= 4 is 35.1 Å². The van der Waals surface area contributed by atoms with Gasteiger partial charge in [-0.2, -0.15) is 0 Å². The van der Waals surface area contributed by atoms with Crippen LogP contribution in [0.1, 0.15) is 126 Å². The minimum absolute atomic E-state index is 0.0272. The van der Waals surface area contributed by atoms with E-state index in [1.807, 2.05) is 24.3 Å². The van der Waals surface area contributed by atoms with Crippen molar-refractivity contribution in [3.8, 4) is 0 Å². The summed E-state index contributed by atoms with van der Waals surface area (Å²) in [7, 11) is 0. The van der Waals surface area contributed by atoms with Crippen LogP contribution in [0.2, 0.25) is 10.0 Å². The van der Waals surface area contributed by atoms with Crippen molar-refractivity contribution in [2.45, 2.75) is 112 Å². The Morgan fingerprint density at radius 3 is 2.02 bits per heavy atom. The first-order valence-electron chi connectivity index (χ1n) is 19.1. The second kappa shape index (κ2) is 12.7. The molecule has 5 saturated carbocycles. The monoisotopic (exact) mass is 718 g/mol. The molecule has 6 heteroatoms. The molecular weight excluding hydrogens is 663 g/mol. The summed E-state index contributed by atoms with van der Waals surface area (Å²) in [5.41, 5.74) is 2.56. The molecule has 0 unspecified atom stereocenters. The van der Waals surface area contributed by atoms with Crippen LogP contribution in [0, 0.1) is 56.7 Å². The number of benzene rings is 2. The number of hydrogen-bond acceptors (Lipinski definition) is 4. The van der Waals surface area contributed by atoms with Crippen molar-refractivity contribution < 1.29 is 19.1 Å². The SMILES string of the molecule is C=C(C)[C@@H]1CC[C@]2(COC(=O)c3ccccc3Cl)CC[C@]3(C)[C@H](CC[C@@H]4[C@@]5(C)CC[C@H](OC(=O)c6ccccc6Cl)C(C)(C)[C@@H]5CC[C@]43C)[C@@H]12. The third kappa shape index (κ3) is 5.35. The summed E-state index contributed by atoms with van der Waals surface area (Å²) in [4.78, 5) is 26.7. The van der Waals surface area contributed by atoms with Gasteiger partial charge in [0, 0.05) is 10.8 Å². The highest BCUT2D eigenvalue weighted by Gasteiger charge is 2.71. The van der Waals surface area contributed by atoms with E-state index in [-0.39, 0.29) is 45.1 Å². The molecule has 270 valence electrons. The lowest BCUT2D eigenvalue weighted by Crippen LogP contribution is -2.67. The van der Waals surface area contributed by atoms with Crippen molar-refractivity contribution in [3.05, 3.63) is 81.9 Å². The summed E-state index contributed by atoms with van der Waals surface area (Å²) in [5, 5.41) is 0.890. The van der Waals surface area contributed by atoms with E-state index in [0.717, 1.165) is 44.9 Å². The van der Waals surface area contributed by atoms with Crippen LogP contribution in [0.3, 0.4) is 0 Å². The number of ether oxygens (including phenoxy) is 2. The van der Waals surface area contributed by atoms with E-state index in [9.17, 15) is 9.59 Å². The Bertz CT molecular complexity index is 1680. The molecule has 5 aliphatic carbocycles. The molecular formula is C44H56Cl2O4. The number of esters is 2. The molecule has 0 bridgehead atoms. The fourth-order valence-electron chi connectivity index (χ4n) is 13.5. The Labute approximate surface area is 310 Å². The van der Waals surface area contributed by atoms with E-state index in [0.29, 0.717) is 57.4 Å². The number of hydrogen-bond donors (Lipinski definition) is 0. The number of carbonyl (C=O) groups excluding carboxylic acids is 2. The molecule has 7 rings (SSSR count). The zero-order valence-electron chi connectivity index (χ0n) is 31.0. The van der Waals surface area contributed by atoms with Crippen LogP contribution in [0.5, 0.6) is 0 Å². The lowest BCUT2D eigenvalue weighted by atomic mass is 9.32. The van der Waals surface area contributed by atoms with E-state index >= 15 is 0 Å². The lowest BCUT2D eigenvalue weighted by molar-refractivity contribution is -0.249. The Balaban J connectivity index is 1.14. The first-order valence-corrected chi connectivity index (χ1v) is 19.9. The summed E-state index contributed by atoms with van der Waals surface area (Å²) in [6, 6.07) is 14.4. The number of halogens is 2. The highest BCUT2D eigenvalue weighted by molar-refractivity contribution is 6.34. The van der Waals surface area contributed by atoms with Crippen LogP contribution in [-0.4, -0.2) is 24.6 Å². The van der Waals surface area contributed by atoms with Gasteiger partial charge in [-0.15, -0.1) is 0 Å². The summed E-state index contributed by atoms with van der Waals surface area (Å²) >= 11 is 12.8. The molecule has 0 radical (unpaired) electrons. The van der Waals surface area contributed by atoms with Gasteiger partial charge >= 0.3 is 11.9 Å². The first-order chi connectivity index (χ1) is 23.6. The van der Waals surface area contributed by atoms with Crippen molar-refractivity contribution in [1.82, 2.24) is 0 Å². The zero-order valence-corrected chi connectivity index (χ0v) is 32.5. The standard InChI is InChI=1S/C44H56Cl2O4/c1-27(2)28-18-23-44(26-49-38(47)29-12-8-10-14-32(29)45)25-24-42(6)31(37(28)44)16-17-35-41(5)21-20-36(40(3,4)34(41)19-22-43(35,42)7)50-39(48)30-13-9-11-15-33(30)46/h8-15,28,31,34-37H,1,16-26H2,2-7H3/t28-,31+,34-,35+,36-,37+,41-,42+,43+,44+/m0/s1. The summed E-state index contributed by atoms with van der Waals surface area (Å²) < 4.78 is 12.5. The van der Waals surface area contributed by atoms with Crippen LogP contribution < -0.4 is 0 Å². The van der Waals surface area contributed by atoms with Crippen molar-refractivity contribution in [1.29, 1.82) is 0 Å². The third-order valence-corrected chi connectivity index (χ3v) is 16.8. The number of carbonyl (C=O) groups is 2. The normalized spacial score (nSPS) is 40.0. The van der Waals surface area contributed by atoms with Gasteiger partial charge in [-0.3, -0.25) is 0 Å². The summed E-state index contributed by atoms with van der Waals surface area (Å²) in [6.07, 6.45) is 11.0. The largest absolute Gasteiger partial charge is 0.461 e. The fraction of sp³-hybridized carbons (Fsp3) is 0.636. The summed E-state index contributed by atoms with van der Waals surface area (Å²) in [5.74, 6) is 1.91. The minimum Gasteiger partial charge on any atom is -0.461 e. The molecule has 2 aromatic carbocycles. The van der Waals surface area contributed by atoms with Gasteiger partial charge in [-0.25, -0.2) is 9.59 Å². The van der Waals surface area contributed by atoms with Crippen molar-refractivity contribution in [2.24, 2.45) is 56.7 Å². The van der Waals surface area contributed by atoms with Crippen LogP contribution in [0.4, 0.5) is 0 Å². The maximum atomic E-state index is 13.4. The second-order valence-electron chi connectivity index (χ2n) is 18.3. The highest BCUT2D eigenvalue weighted by atomic mass is 35.5. The molecule has 50 heavy (non-hydrogen) atoms. The molecule has 4 nitrogen and oxygen atoms in total. The number of fused-ring (bicyclic) bond motifs is 7. The molecule has 0 aromatic heterocycles. The van der Waals surface area contributed by atoms with Gasteiger partial charge in [0.2, 0.25) is 0 Å². The zero-order chi connectivity index (χ0) is 35.9. The van der Waals surface area contributed by atoms with E-state index in [2.05, 4.69) is 48.1 Å². The number of allylic oxidation sites excluding steroid dienone is 1. The minimum atomic E-state index is -0.312. The predicted molar refractivity (Wildman–Crippen MR) is 201 cm³/mol. The van der Waals surface area contributed by atoms with Gasteiger partial charge in [0.05, 0.1) is 27.8 Å². The van der Waals surface area contributed by atoms with E-state index in [1.165, 1.54) is 24.8 Å². The Morgan fingerprint density at radius 2 is 1.38 bits per heavy atom. The molecule has 5 fully saturated rings. The second-order valence-corrected chi connectivity index (χ2v) is 19.2. The van der Waals surface area contributed by atoms with Crippen LogP contribution in [0.25, 0.3) is 0 Å². The van der Waals surface area contributed by atoms with Gasteiger partial charge in [0.15, 0.2) is 0 Å². The van der Waals surface area contributed by atoms with Gasteiger partial charge in [-0.05, 0) is 141 Å². The molecule has 2 aromatic rings. The smallest absolute Gasteiger partial charge is 0.339 e. The van der Waals surface area contributed by atoms with Crippen molar-refractivity contribution in [2.75, 3.05) is 6.61 Å². The van der Waals surface area contributed by atoms with E-state index in [4.69, 9.17) is 32.7 Å². The lowest BCUT2D eigenvalue weighted by Gasteiger charge is -2.73. The highest BCUT2D eigenvalue weighted by Crippen LogP contribution is 2.77. The van der Waals surface area contributed by atoms with Crippen LogP contribution >= 0.6 is 23.2 Å². The Morgan fingerprint density at radius 1 is 0.740 bits per heavy atom. The molecule has 0 aliphatic heterocycles.